The topological polar surface area (TPSA) is 57.5 Å². The molecule has 0 bridgehead atoms. The molecule has 0 amide bonds. The van der Waals surface area contributed by atoms with Gasteiger partial charge in [0.25, 0.3) is 5.56 Å². The van der Waals surface area contributed by atoms with Crippen LogP contribution in [0.3, 0.4) is 0 Å². The second kappa shape index (κ2) is 6.70. The first-order valence-corrected chi connectivity index (χ1v) is 6.30. The fourth-order valence-electron chi connectivity index (χ4n) is 1.45. The monoisotopic (exact) mass is 317 g/mol. The largest absolute Gasteiger partial charge is 0.462 e. The summed E-state index contributed by atoms with van der Waals surface area (Å²) in [5, 5.41) is 0. The quantitative estimate of drug-likeness (QED) is 0.612. The van der Waals surface area contributed by atoms with E-state index < -0.39 is 12.0 Å². The number of nitrogens with zero attached hydrogens (tertiary/aromatic N) is 1. The molecule has 5 nitrogen and oxygen atoms in total. The Morgan fingerprint density at radius 3 is 2.78 bits per heavy atom. The summed E-state index contributed by atoms with van der Waals surface area (Å²) in [5.41, 5.74) is 0.634. The minimum atomic E-state index is -0.662. The normalized spacial score (nSPS) is 12.2. The highest BCUT2D eigenvalue weighted by Crippen LogP contribution is 2.11. The van der Waals surface area contributed by atoms with Crippen LogP contribution in [0.5, 0.6) is 0 Å². The van der Waals surface area contributed by atoms with E-state index >= 15 is 0 Å². The van der Waals surface area contributed by atoms with Crippen molar-refractivity contribution in [2.75, 3.05) is 20.3 Å². The van der Waals surface area contributed by atoms with Crippen molar-refractivity contribution in [1.29, 1.82) is 0 Å². The molecule has 0 aliphatic carbocycles. The molecule has 0 radical (unpaired) electrons. The molecular weight excluding hydrogens is 302 g/mol. The number of hydrogen-bond acceptors (Lipinski definition) is 4. The zero-order valence-corrected chi connectivity index (χ0v) is 12.2. The van der Waals surface area contributed by atoms with Gasteiger partial charge in [0.2, 0.25) is 0 Å². The molecule has 100 valence electrons. The number of carbonyl (C=O) groups excluding carboxylic acids is 1. The number of methoxy groups -OCH3 is 1. The van der Waals surface area contributed by atoms with Gasteiger partial charge in [0, 0.05) is 13.3 Å². The second-order valence-electron chi connectivity index (χ2n) is 3.91. The standard InChI is InChI=1S/C12H16BrNO4/c1-8-6-10(13)11(15)14(7-8)9(2)12(16)18-5-4-17-3/h6-7,9H,4-5H2,1-3H3. The third-order valence-corrected chi connectivity index (χ3v) is 2.99. The van der Waals surface area contributed by atoms with Crippen LogP contribution < -0.4 is 5.56 Å². The maximum Gasteiger partial charge on any atom is 0.329 e. The van der Waals surface area contributed by atoms with Gasteiger partial charge in [0.05, 0.1) is 11.1 Å². The molecular formula is C12H16BrNO4. The molecule has 1 rings (SSSR count). The van der Waals surface area contributed by atoms with Gasteiger partial charge < -0.3 is 14.0 Å². The van der Waals surface area contributed by atoms with Crippen molar-refractivity contribution >= 4 is 21.9 Å². The molecule has 1 unspecified atom stereocenters. The summed E-state index contributed by atoms with van der Waals surface area (Å²) < 4.78 is 11.6. The first kappa shape index (κ1) is 14.9. The molecule has 0 aliphatic heterocycles. The first-order valence-electron chi connectivity index (χ1n) is 5.51. The zero-order chi connectivity index (χ0) is 13.7. The highest BCUT2D eigenvalue weighted by atomic mass is 79.9. The van der Waals surface area contributed by atoms with Gasteiger partial charge in [-0.1, -0.05) is 0 Å². The zero-order valence-electron chi connectivity index (χ0n) is 10.6. The van der Waals surface area contributed by atoms with Gasteiger partial charge in [0.15, 0.2) is 0 Å². The number of rotatable bonds is 5. The average molecular weight is 318 g/mol. The summed E-state index contributed by atoms with van der Waals surface area (Å²) in [5.74, 6) is -0.452. The van der Waals surface area contributed by atoms with Crippen molar-refractivity contribution in [3.8, 4) is 0 Å². The van der Waals surface area contributed by atoms with Crippen molar-refractivity contribution in [3.63, 3.8) is 0 Å². The Morgan fingerprint density at radius 2 is 2.17 bits per heavy atom. The number of pyridine rings is 1. The first-order chi connectivity index (χ1) is 8.47. The molecule has 0 N–H and O–H groups in total. The molecule has 1 aromatic rings. The second-order valence-corrected chi connectivity index (χ2v) is 4.77. The Bertz CT molecular complexity index is 483. The van der Waals surface area contributed by atoms with Crippen LogP contribution >= 0.6 is 15.9 Å². The van der Waals surface area contributed by atoms with E-state index in [0.29, 0.717) is 11.1 Å². The Balaban J connectivity index is 2.87. The Hall–Kier alpha value is -1.14. The number of hydrogen-bond donors (Lipinski definition) is 0. The summed E-state index contributed by atoms with van der Waals surface area (Å²) in [6.45, 7) is 4.00. The summed E-state index contributed by atoms with van der Waals surface area (Å²) in [6, 6.07) is 1.05. The van der Waals surface area contributed by atoms with Gasteiger partial charge >= 0.3 is 5.97 Å². The lowest BCUT2D eigenvalue weighted by atomic mass is 10.2. The molecule has 1 aromatic heterocycles. The van der Waals surface area contributed by atoms with Gasteiger partial charge in [-0.3, -0.25) is 4.79 Å². The van der Waals surface area contributed by atoms with E-state index in [0.717, 1.165) is 5.56 Å². The molecule has 0 saturated heterocycles. The van der Waals surface area contributed by atoms with E-state index in [4.69, 9.17) is 9.47 Å². The number of esters is 1. The van der Waals surface area contributed by atoms with E-state index in [1.165, 1.54) is 11.7 Å². The van der Waals surface area contributed by atoms with Crippen molar-refractivity contribution < 1.29 is 14.3 Å². The van der Waals surface area contributed by atoms with Crippen LogP contribution in [0.1, 0.15) is 18.5 Å². The lowest BCUT2D eigenvalue weighted by Crippen LogP contribution is -2.30. The Labute approximate surface area is 114 Å². The highest BCUT2D eigenvalue weighted by Gasteiger charge is 2.18. The molecule has 6 heteroatoms. The van der Waals surface area contributed by atoms with Crippen LogP contribution in [0.4, 0.5) is 0 Å². The maximum absolute atomic E-state index is 11.9. The SMILES string of the molecule is COCCOC(=O)C(C)n1cc(C)cc(Br)c1=O. The maximum atomic E-state index is 11.9. The molecule has 0 fully saturated rings. The summed E-state index contributed by atoms with van der Waals surface area (Å²) in [7, 11) is 1.53. The summed E-state index contributed by atoms with van der Waals surface area (Å²) in [4.78, 5) is 23.6. The fourth-order valence-corrected chi connectivity index (χ4v) is 2.01. The van der Waals surface area contributed by atoms with Gasteiger partial charge in [-0.05, 0) is 41.4 Å². The number of aromatic nitrogens is 1. The van der Waals surface area contributed by atoms with Crippen LogP contribution in [-0.2, 0) is 14.3 Å². The third kappa shape index (κ3) is 3.68. The van der Waals surface area contributed by atoms with Crippen LogP contribution in [-0.4, -0.2) is 30.9 Å². The average Bonchev–Trinajstić information content (AvgIpc) is 2.33. The molecule has 1 heterocycles. The van der Waals surface area contributed by atoms with E-state index in [1.807, 2.05) is 6.92 Å². The third-order valence-electron chi connectivity index (χ3n) is 2.43. The van der Waals surface area contributed by atoms with Gasteiger partial charge in [-0.2, -0.15) is 0 Å². The lowest BCUT2D eigenvalue weighted by Gasteiger charge is -2.15. The van der Waals surface area contributed by atoms with E-state index in [9.17, 15) is 9.59 Å². The van der Waals surface area contributed by atoms with Gasteiger partial charge in [-0.15, -0.1) is 0 Å². The van der Waals surface area contributed by atoms with E-state index in [2.05, 4.69) is 15.9 Å². The number of halogens is 1. The fraction of sp³-hybridized carbons (Fsp3) is 0.500. The highest BCUT2D eigenvalue weighted by molar-refractivity contribution is 9.10. The number of carbonyl (C=O) groups is 1. The van der Waals surface area contributed by atoms with Crippen molar-refractivity contribution in [2.24, 2.45) is 0 Å². The van der Waals surface area contributed by atoms with Crippen LogP contribution in [0.2, 0.25) is 0 Å². The lowest BCUT2D eigenvalue weighted by molar-refractivity contribution is -0.148. The summed E-state index contributed by atoms with van der Waals surface area (Å²) in [6.07, 6.45) is 1.63. The van der Waals surface area contributed by atoms with Crippen LogP contribution in [0, 0.1) is 6.92 Å². The molecule has 0 aromatic carbocycles. The molecule has 18 heavy (non-hydrogen) atoms. The minimum absolute atomic E-state index is 0.182. The van der Waals surface area contributed by atoms with Crippen LogP contribution in [0.25, 0.3) is 0 Å². The van der Waals surface area contributed by atoms with Crippen molar-refractivity contribution in [3.05, 3.63) is 32.7 Å². The van der Waals surface area contributed by atoms with Crippen molar-refractivity contribution in [1.82, 2.24) is 4.57 Å². The van der Waals surface area contributed by atoms with Crippen molar-refractivity contribution in [2.45, 2.75) is 19.9 Å². The van der Waals surface area contributed by atoms with Gasteiger partial charge in [0.1, 0.15) is 12.6 Å². The predicted molar refractivity (Wildman–Crippen MR) is 70.7 cm³/mol. The minimum Gasteiger partial charge on any atom is -0.462 e. The Kier molecular flexibility index (Phi) is 5.55. The molecule has 0 spiro atoms. The smallest absolute Gasteiger partial charge is 0.329 e. The Morgan fingerprint density at radius 1 is 1.50 bits per heavy atom. The molecule has 0 aliphatic rings. The van der Waals surface area contributed by atoms with E-state index in [-0.39, 0.29) is 12.2 Å². The van der Waals surface area contributed by atoms with E-state index in [1.54, 1.807) is 19.2 Å². The number of ether oxygens (including phenoxy) is 2. The molecule has 1 atom stereocenters. The van der Waals surface area contributed by atoms with Crippen LogP contribution in [0.15, 0.2) is 21.5 Å². The summed E-state index contributed by atoms with van der Waals surface area (Å²) >= 11 is 3.17. The molecule has 0 saturated carbocycles. The van der Waals surface area contributed by atoms with Gasteiger partial charge in [-0.25, -0.2) is 4.79 Å². The predicted octanol–water partition coefficient (Wildman–Crippen LogP) is 1.67. The number of aryl methyl sites for hydroxylation is 1.